The lowest BCUT2D eigenvalue weighted by molar-refractivity contribution is -0.120. The van der Waals surface area contributed by atoms with E-state index in [9.17, 15) is 9.59 Å². The Labute approximate surface area is 163 Å². The van der Waals surface area contributed by atoms with Gasteiger partial charge in [0, 0.05) is 13.6 Å². The normalized spacial score (nSPS) is 16.0. The number of nitrogens with one attached hydrogen (secondary N) is 1. The van der Waals surface area contributed by atoms with E-state index in [1.165, 1.54) is 19.2 Å². The molecule has 0 radical (unpaired) electrons. The van der Waals surface area contributed by atoms with Crippen LogP contribution in [0.1, 0.15) is 30.6 Å². The van der Waals surface area contributed by atoms with Crippen LogP contribution in [0.3, 0.4) is 0 Å². The number of nitrogens with zero attached hydrogens (tertiary/aromatic N) is 4. The summed E-state index contributed by atoms with van der Waals surface area (Å²) in [5.41, 5.74) is 1.31. The van der Waals surface area contributed by atoms with Crippen LogP contribution in [0.4, 0.5) is 23.1 Å². The van der Waals surface area contributed by atoms with Gasteiger partial charge in [0.05, 0.1) is 24.6 Å². The highest BCUT2D eigenvalue weighted by Crippen LogP contribution is 2.35. The molecule has 2 aromatic rings. The Morgan fingerprint density at radius 2 is 2.11 bits per heavy atom. The van der Waals surface area contributed by atoms with Crippen molar-refractivity contribution in [3.63, 3.8) is 0 Å². The molecule has 0 aliphatic carbocycles. The Morgan fingerprint density at radius 1 is 1.36 bits per heavy atom. The number of fused-ring (bicyclic) bond motifs is 1. The van der Waals surface area contributed by atoms with Crippen LogP contribution in [0.5, 0.6) is 5.75 Å². The summed E-state index contributed by atoms with van der Waals surface area (Å²) in [4.78, 5) is 36.2. The predicted molar refractivity (Wildman–Crippen MR) is 106 cm³/mol. The van der Waals surface area contributed by atoms with Crippen LogP contribution < -0.4 is 19.9 Å². The van der Waals surface area contributed by atoms with Crippen LogP contribution in [-0.2, 0) is 4.79 Å². The fourth-order valence-corrected chi connectivity index (χ4v) is 3.31. The number of ether oxygens (including phenoxy) is 1. The summed E-state index contributed by atoms with van der Waals surface area (Å²) in [7, 11) is 3.19. The second-order valence-electron chi connectivity index (χ2n) is 6.35. The molecule has 0 fully saturated rings. The van der Waals surface area contributed by atoms with Crippen LogP contribution >= 0.6 is 0 Å². The van der Waals surface area contributed by atoms with Gasteiger partial charge in [-0.3, -0.25) is 4.79 Å². The molecule has 0 saturated heterocycles. The molecular weight excluding hydrogens is 362 g/mol. The van der Waals surface area contributed by atoms with E-state index in [1.54, 1.807) is 24.2 Å². The van der Waals surface area contributed by atoms with E-state index in [0.717, 1.165) is 0 Å². The number of carbonyl (C=O) groups is 2. The number of aromatic carboxylic acids is 1. The summed E-state index contributed by atoms with van der Waals surface area (Å²) >= 11 is 0. The highest BCUT2D eigenvalue weighted by molar-refractivity contribution is 6.04. The van der Waals surface area contributed by atoms with Crippen molar-refractivity contribution in [2.45, 2.75) is 26.3 Å². The average Bonchev–Trinajstić information content (AvgIpc) is 2.70. The first-order valence-electron chi connectivity index (χ1n) is 9.00. The molecule has 1 aromatic heterocycles. The molecule has 28 heavy (non-hydrogen) atoms. The quantitative estimate of drug-likeness (QED) is 0.781. The third kappa shape index (κ3) is 3.30. The summed E-state index contributed by atoms with van der Waals surface area (Å²) in [6.45, 7) is 4.59. The van der Waals surface area contributed by atoms with Crippen molar-refractivity contribution >= 4 is 35.0 Å². The Hall–Kier alpha value is -3.36. The average molecular weight is 385 g/mol. The van der Waals surface area contributed by atoms with E-state index >= 15 is 0 Å². The van der Waals surface area contributed by atoms with E-state index in [4.69, 9.17) is 9.84 Å². The SMILES string of the molecule is CC[C@@H]1C(=O)N(C)c2cnc(Nc3ccc(C(=O)O)cc3OC)nc2N1CC. The Balaban J connectivity index is 1.98. The molecule has 1 aliphatic heterocycles. The summed E-state index contributed by atoms with van der Waals surface area (Å²) in [6.07, 6.45) is 2.28. The highest BCUT2D eigenvalue weighted by atomic mass is 16.5. The summed E-state index contributed by atoms with van der Waals surface area (Å²) in [6, 6.07) is 4.24. The maximum atomic E-state index is 12.6. The molecule has 3 rings (SSSR count). The molecule has 0 bridgehead atoms. The number of rotatable bonds is 6. The van der Waals surface area contributed by atoms with Gasteiger partial charge >= 0.3 is 5.97 Å². The first-order valence-corrected chi connectivity index (χ1v) is 9.00. The van der Waals surface area contributed by atoms with Crippen molar-refractivity contribution in [1.29, 1.82) is 0 Å². The fourth-order valence-electron chi connectivity index (χ4n) is 3.31. The second kappa shape index (κ2) is 7.71. The Kier molecular flexibility index (Phi) is 5.34. The lowest BCUT2D eigenvalue weighted by atomic mass is 10.1. The van der Waals surface area contributed by atoms with Gasteiger partial charge in [0.1, 0.15) is 17.5 Å². The van der Waals surface area contributed by atoms with Crippen LogP contribution in [0.25, 0.3) is 0 Å². The molecule has 2 N–H and O–H groups in total. The Bertz CT molecular complexity index is 917. The van der Waals surface area contributed by atoms with Gasteiger partial charge in [0.25, 0.3) is 0 Å². The zero-order valence-electron chi connectivity index (χ0n) is 16.3. The smallest absolute Gasteiger partial charge is 0.335 e. The van der Waals surface area contributed by atoms with Crippen molar-refractivity contribution < 1.29 is 19.4 Å². The molecule has 2 heterocycles. The fraction of sp³-hybridized carbons (Fsp3) is 0.368. The Morgan fingerprint density at radius 3 is 2.71 bits per heavy atom. The van der Waals surface area contributed by atoms with E-state index in [0.29, 0.717) is 41.9 Å². The zero-order chi connectivity index (χ0) is 20.4. The standard InChI is InChI=1S/C19H23N5O4/c1-5-13-17(25)23(3)14-10-20-19(22-16(14)24(13)6-2)21-12-8-7-11(18(26)27)9-15(12)28-4/h7-10,13H,5-6H2,1-4H3,(H,26,27)(H,20,21,22)/t13-/m1/s1. The summed E-state index contributed by atoms with van der Waals surface area (Å²) < 4.78 is 5.28. The minimum Gasteiger partial charge on any atom is -0.495 e. The molecule has 1 aromatic carbocycles. The number of aromatic nitrogens is 2. The monoisotopic (exact) mass is 385 g/mol. The van der Waals surface area contributed by atoms with E-state index in [2.05, 4.69) is 15.3 Å². The number of anilines is 4. The zero-order valence-corrected chi connectivity index (χ0v) is 16.3. The van der Waals surface area contributed by atoms with Gasteiger partial charge in [0.2, 0.25) is 11.9 Å². The van der Waals surface area contributed by atoms with Crippen molar-refractivity contribution in [1.82, 2.24) is 9.97 Å². The minimum atomic E-state index is -1.04. The van der Waals surface area contributed by atoms with Gasteiger partial charge in [-0.2, -0.15) is 4.98 Å². The number of carboxylic acid groups (broad SMARTS) is 1. The number of likely N-dealkylation sites (N-methyl/N-ethyl adjacent to an activating group) is 2. The van der Waals surface area contributed by atoms with Gasteiger partial charge < -0.3 is 25.0 Å². The van der Waals surface area contributed by atoms with E-state index in [-0.39, 0.29) is 17.5 Å². The van der Waals surface area contributed by atoms with Crippen molar-refractivity contribution in [2.75, 3.05) is 35.8 Å². The third-order valence-electron chi connectivity index (χ3n) is 4.80. The van der Waals surface area contributed by atoms with Gasteiger partial charge in [-0.05, 0) is 31.5 Å². The summed E-state index contributed by atoms with van der Waals surface area (Å²) in [5.74, 6) is 0.359. The van der Waals surface area contributed by atoms with Crippen molar-refractivity contribution in [3.8, 4) is 5.75 Å². The first-order chi connectivity index (χ1) is 13.4. The number of amides is 1. The second-order valence-corrected chi connectivity index (χ2v) is 6.35. The van der Waals surface area contributed by atoms with E-state index < -0.39 is 5.97 Å². The molecule has 9 heteroatoms. The predicted octanol–water partition coefficient (Wildman–Crippen LogP) is 2.51. The maximum absolute atomic E-state index is 12.6. The summed E-state index contributed by atoms with van der Waals surface area (Å²) in [5, 5.41) is 12.2. The lowest BCUT2D eigenvalue weighted by Gasteiger charge is -2.39. The minimum absolute atomic E-state index is 0.0205. The van der Waals surface area contributed by atoms with Crippen molar-refractivity contribution in [2.24, 2.45) is 0 Å². The number of hydrogen-bond acceptors (Lipinski definition) is 7. The molecule has 0 unspecified atom stereocenters. The lowest BCUT2D eigenvalue weighted by Crippen LogP contribution is -2.52. The topological polar surface area (TPSA) is 108 Å². The van der Waals surface area contributed by atoms with Crippen LogP contribution in [0.15, 0.2) is 24.4 Å². The number of benzene rings is 1. The molecular formula is C19H23N5O4. The number of carbonyl (C=O) groups excluding carboxylic acids is 1. The molecule has 1 atom stereocenters. The van der Waals surface area contributed by atoms with Gasteiger partial charge in [-0.15, -0.1) is 0 Å². The van der Waals surface area contributed by atoms with Gasteiger partial charge in [0.15, 0.2) is 5.82 Å². The van der Waals surface area contributed by atoms with Crippen molar-refractivity contribution in [3.05, 3.63) is 30.0 Å². The molecule has 0 saturated carbocycles. The van der Waals surface area contributed by atoms with Crippen LogP contribution in [0.2, 0.25) is 0 Å². The molecule has 148 valence electrons. The van der Waals surface area contributed by atoms with Crippen LogP contribution in [-0.4, -0.2) is 53.7 Å². The number of methoxy groups -OCH3 is 1. The largest absolute Gasteiger partial charge is 0.495 e. The number of carboxylic acids is 1. The van der Waals surface area contributed by atoms with E-state index in [1.807, 2.05) is 18.7 Å². The molecule has 0 spiro atoms. The third-order valence-corrected chi connectivity index (χ3v) is 4.80. The molecule has 1 aliphatic rings. The van der Waals surface area contributed by atoms with Gasteiger partial charge in [-0.1, -0.05) is 6.92 Å². The molecule has 9 nitrogen and oxygen atoms in total. The van der Waals surface area contributed by atoms with Crippen LogP contribution in [0, 0.1) is 0 Å². The number of hydrogen-bond donors (Lipinski definition) is 2. The highest BCUT2D eigenvalue weighted by Gasteiger charge is 2.36. The molecule has 1 amide bonds. The van der Waals surface area contributed by atoms with Gasteiger partial charge in [-0.25, -0.2) is 9.78 Å². The first kappa shape index (κ1) is 19.4. The maximum Gasteiger partial charge on any atom is 0.335 e.